The lowest BCUT2D eigenvalue weighted by Crippen LogP contribution is -2.40. The van der Waals surface area contributed by atoms with E-state index in [0.29, 0.717) is 18.5 Å². The second kappa shape index (κ2) is 12.0. The average Bonchev–Trinajstić information content (AvgIpc) is 2.78. The second-order valence-electron chi connectivity index (χ2n) is 6.53. The van der Waals surface area contributed by atoms with Gasteiger partial charge in [-0.2, -0.15) is 0 Å². The molecule has 2 heterocycles. The maximum atomic E-state index is 12.1. The highest BCUT2D eigenvalue weighted by Crippen LogP contribution is 2.18. The number of carboxylic acids is 2. The highest BCUT2D eigenvalue weighted by atomic mass is 16.6. The van der Waals surface area contributed by atoms with Crippen LogP contribution >= 0.6 is 0 Å². The Morgan fingerprint density at radius 2 is 1.60 bits per heavy atom. The Labute approximate surface area is 173 Å². The van der Waals surface area contributed by atoms with E-state index in [0.717, 1.165) is 38.0 Å². The zero-order chi connectivity index (χ0) is 21.8. The number of piperidine rings is 1. The first-order valence-electron chi connectivity index (χ1n) is 9.38. The predicted molar refractivity (Wildman–Crippen MR) is 107 cm³/mol. The van der Waals surface area contributed by atoms with Crippen LogP contribution in [0.1, 0.15) is 18.4 Å². The van der Waals surface area contributed by atoms with Gasteiger partial charge in [-0.05, 0) is 30.4 Å². The van der Waals surface area contributed by atoms with Crippen LogP contribution in [0.15, 0.2) is 48.8 Å². The molecule has 0 spiro atoms. The number of nitrogens with one attached hydrogen (secondary N) is 1. The quantitative estimate of drug-likeness (QED) is 0.624. The third-order valence-electron chi connectivity index (χ3n) is 4.38. The van der Waals surface area contributed by atoms with E-state index in [-0.39, 0.29) is 6.09 Å². The number of aromatic nitrogens is 2. The summed E-state index contributed by atoms with van der Waals surface area (Å²) in [5, 5.41) is 18.0. The first-order valence-corrected chi connectivity index (χ1v) is 9.38. The Bertz CT molecular complexity index is 799. The number of ether oxygens (including phenoxy) is 1. The zero-order valence-electron chi connectivity index (χ0n) is 16.3. The van der Waals surface area contributed by atoms with Crippen LogP contribution < -0.4 is 5.32 Å². The highest BCUT2D eigenvalue weighted by molar-refractivity contribution is 6.27. The van der Waals surface area contributed by atoms with Crippen LogP contribution in [0.4, 0.5) is 10.7 Å². The topological polar surface area (TPSA) is 142 Å². The number of nitrogens with zero attached hydrogens (tertiary/aromatic N) is 3. The maximum absolute atomic E-state index is 12.1. The molecule has 1 aliphatic rings. The number of hydrogen-bond donors (Lipinski definition) is 3. The molecule has 0 saturated carbocycles. The van der Waals surface area contributed by atoms with Crippen molar-refractivity contribution in [1.82, 2.24) is 14.9 Å². The van der Waals surface area contributed by atoms with Gasteiger partial charge in [0.05, 0.1) is 0 Å². The molecule has 1 amide bonds. The molecule has 30 heavy (non-hydrogen) atoms. The molecule has 1 saturated heterocycles. The molecule has 1 aromatic carbocycles. The van der Waals surface area contributed by atoms with Crippen molar-refractivity contribution < 1.29 is 29.3 Å². The van der Waals surface area contributed by atoms with Crippen LogP contribution in [-0.2, 0) is 20.9 Å². The Kier molecular flexibility index (Phi) is 9.04. The number of benzene rings is 1. The van der Waals surface area contributed by atoms with Gasteiger partial charge in [-0.3, -0.25) is 0 Å². The number of carbonyl (C=O) groups excluding carboxylic acids is 1. The summed E-state index contributed by atoms with van der Waals surface area (Å²) in [7, 11) is 0. The molecule has 0 bridgehead atoms. The molecular formula is C20H24N4O6. The van der Waals surface area contributed by atoms with Gasteiger partial charge in [0.25, 0.3) is 0 Å². The van der Waals surface area contributed by atoms with Crippen LogP contribution in [0.2, 0.25) is 0 Å². The van der Waals surface area contributed by atoms with Gasteiger partial charge in [0.2, 0.25) is 5.95 Å². The molecule has 160 valence electrons. The Balaban J connectivity index is 0.000000469. The predicted octanol–water partition coefficient (Wildman–Crippen LogP) is 2.09. The first-order chi connectivity index (χ1) is 14.5. The number of carbonyl (C=O) groups is 3. The molecule has 0 atom stereocenters. The number of aliphatic carboxylic acids is 2. The third-order valence-corrected chi connectivity index (χ3v) is 4.38. The minimum atomic E-state index is -1.82. The minimum absolute atomic E-state index is 0.225. The van der Waals surface area contributed by atoms with Crippen LogP contribution in [0.3, 0.4) is 0 Å². The van der Waals surface area contributed by atoms with Crippen molar-refractivity contribution in [1.29, 1.82) is 0 Å². The van der Waals surface area contributed by atoms with Gasteiger partial charge >= 0.3 is 18.0 Å². The number of hydrogen-bond acceptors (Lipinski definition) is 7. The van der Waals surface area contributed by atoms with Gasteiger partial charge in [-0.15, -0.1) is 0 Å². The Hall–Kier alpha value is -3.69. The fourth-order valence-corrected chi connectivity index (χ4v) is 2.76. The summed E-state index contributed by atoms with van der Waals surface area (Å²) in [5.41, 5.74) is 1.01. The summed E-state index contributed by atoms with van der Waals surface area (Å²) in [4.78, 5) is 40.4. The SMILES string of the molecule is O=C(O)C(=O)O.O=C(OCc1ccccc1)N1CCC(CNc2ncccn2)CC1. The van der Waals surface area contributed by atoms with Gasteiger partial charge in [0.15, 0.2) is 0 Å². The fourth-order valence-electron chi connectivity index (χ4n) is 2.76. The Morgan fingerprint density at radius 3 is 2.17 bits per heavy atom. The minimum Gasteiger partial charge on any atom is -0.473 e. The second-order valence-corrected chi connectivity index (χ2v) is 6.53. The molecule has 1 aromatic heterocycles. The lowest BCUT2D eigenvalue weighted by molar-refractivity contribution is -0.159. The smallest absolute Gasteiger partial charge is 0.414 e. The molecule has 10 nitrogen and oxygen atoms in total. The first kappa shape index (κ1) is 22.6. The van der Waals surface area contributed by atoms with E-state index in [9.17, 15) is 4.79 Å². The Morgan fingerprint density at radius 1 is 1.00 bits per heavy atom. The number of rotatable bonds is 5. The lowest BCUT2D eigenvalue weighted by Gasteiger charge is -2.31. The van der Waals surface area contributed by atoms with Crippen molar-refractivity contribution in [2.75, 3.05) is 25.0 Å². The van der Waals surface area contributed by atoms with Gasteiger partial charge in [0, 0.05) is 32.0 Å². The number of likely N-dealkylation sites (tertiary alicyclic amines) is 1. The largest absolute Gasteiger partial charge is 0.473 e. The zero-order valence-corrected chi connectivity index (χ0v) is 16.3. The van der Waals surface area contributed by atoms with E-state index in [4.69, 9.17) is 24.5 Å². The van der Waals surface area contributed by atoms with Crippen molar-refractivity contribution in [3.8, 4) is 0 Å². The van der Waals surface area contributed by atoms with Gasteiger partial charge < -0.3 is 25.2 Å². The average molecular weight is 416 g/mol. The van der Waals surface area contributed by atoms with Crippen LogP contribution in [0.5, 0.6) is 0 Å². The fraction of sp³-hybridized carbons (Fsp3) is 0.350. The van der Waals surface area contributed by atoms with E-state index in [2.05, 4.69) is 15.3 Å². The number of amides is 1. The van der Waals surface area contributed by atoms with Gasteiger partial charge in [-0.25, -0.2) is 24.4 Å². The molecule has 0 radical (unpaired) electrons. The van der Waals surface area contributed by atoms with E-state index >= 15 is 0 Å². The summed E-state index contributed by atoms with van der Waals surface area (Å²) < 4.78 is 5.38. The normalized spacial score (nSPS) is 13.5. The standard InChI is InChI=1S/C18H22N4O2.C2H2O4/c23-18(24-14-16-5-2-1-3-6-16)22-11-7-15(8-12-22)13-21-17-19-9-4-10-20-17;3-1(4)2(5)6/h1-6,9-10,15H,7-8,11-14H2,(H,19,20,21);(H,3,4)(H,5,6). The molecule has 0 unspecified atom stereocenters. The molecule has 0 aliphatic carbocycles. The molecule has 1 aliphatic heterocycles. The molecule has 2 aromatic rings. The van der Waals surface area contributed by atoms with E-state index < -0.39 is 11.9 Å². The van der Waals surface area contributed by atoms with Crippen LogP contribution in [-0.4, -0.2) is 62.7 Å². The van der Waals surface area contributed by atoms with Crippen molar-refractivity contribution in [2.45, 2.75) is 19.4 Å². The molecule has 3 rings (SSSR count). The third kappa shape index (κ3) is 8.13. The van der Waals surface area contributed by atoms with Gasteiger partial charge in [-0.1, -0.05) is 30.3 Å². The summed E-state index contributed by atoms with van der Waals surface area (Å²) in [5.74, 6) is -2.47. The summed E-state index contributed by atoms with van der Waals surface area (Å²) in [6, 6.07) is 11.5. The van der Waals surface area contributed by atoms with Gasteiger partial charge in [0.1, 0.15) is 6.61 Å². The molecular weight excluding hydrogens is 392 g/mol. The van der Waals surface area contributed by atoms with Crippen LogP contribution in [0.25, 0.3) is 0 Å². The molecule has 3 N–H and O–H groups in total. The summed E-state index contributed by atoms with van der Waals surface area (Å²) in [6.45, 7) is 2.62. The monoisotopic (exact) mass is 416 g/mol. The van der Waals surface area contributed by atoms with Crippen molar-refractivity contribution in [3.05, 3.63) is 54.4 Å². The van der Waals surface area contributed by atoms with Crippen molar-refractivity contribution in [2.24, 2.45) is 5.92 Å². The van der Waals surface area contributed by atoms with E-state index in [1.54, 1.807) is 23.4 Å². The lowest BCUT2D eigenvalue weighted by atomic mass is 9.97. The van der Waals surface area contributed by atoms with E-state index in [1.807, 2.05) is 30.3 Å². The van der Waals surface area contributed by atoms with Crippen LogP contribution in [0, 0.1) is 5.92 Å². The number of anilines is 1. The number of carboxylic acid groups (broad SMARTS) is 2. The van der Waals surface area contributed by atoms with Crippen molar-refractivity contribution >= 4 is 24.0 Å². The maximum Gasteiger partial charge on any atom is 0.414 e. The highest BCUT2D eigenvalue weighted by Gasteiger charge is 2.23. The molecule has 10 heteroatoms. The van der Waals surface area contributed by atoms with E-state index in [1.165, 1.54) is 0 Å². The summed E-state index contributed by atoms with van der Waals surface area (Å²) in [6.07, 6.45) is 5.14. The summed E-state index contributed by atoms with van der Waals surface area (Å²) >= 11 is 0. The molecule has 1 fully saturated rings. The van der Waals surface area contributed by atoms with Crippen molar-refractivity contribution in [3.63, 3.8) is 0 Å².